The molecule has 0 saturated carbocycles. The summed E-state index contributed by atoms with van der Waals surface area (Å²) in [6.45, 7) is 0.572. The van der Waals surface area contributed by atoms with Crippen LogP contribution in [0.3, 0.4) is 0 Å². The molecule has 0 saturated heterocycles. The van der Waals surface area contributed by atoms with Crippen LogP contribution < -0.4 is 5.56 Å². The van der Waals surface area contributed by atoms with E-state index >= 15 is 0 Å². The third-order valence-electron chi connectivity index (χ3n) is 4.20. The summed E-state index contributed by atoms with van der Waals surface area (Å²) in [5.74, 6) is -0.947. The van der Waals surface area contributed by atoms with Gasteiger partial charge < -0.3 is 14.0 Å². The van der Waals surface area contributed by atoms with Gasteiger partial charge in [0.2, 0.25) is 0 Å². The van der Waals surface area contributed by atoms with Crippen LogP contribution in [-0.2, 0) is 22.4 Å². The minimum atomic E-state index is -0.480. The van der Waals surface area contributed by atoms with Crippen molar-refractivity contribution in [3.8, 4) is 11.1 Å². The number of carbonyl (C=O) groups excluding carboxylic acids is 2. The quantitative estimate of drug-likeness (QED) is 0.807. The minimum Gasteiger partial charge on any atom is -0.465 e. The summed E-state index contributed by atoms with van der Waals surface area (Å²) in [6, 6.07) is 8.16. The lowest BCUT2D eigenvalue weighted by molar-refractivity contribution is 0.0590. The Bertz CT molecular complexity index is 881. The van der Waals surface area contributed by atoms with E-state index in [9.17, 15) is 14.4 Å². The van der Waals surface area contributed by atoms with Crippen molar-refractivity contribution >= 4 is 11.9 Å². The molecule has 6 nitrogen and oxygen atoms in total. The first-order chi connectivity index (χ1) is 11.6. The van der Waals surface area contributed by atoms with Crippen molar-refractivity contribution in [3.05, 3.63) is 57.5 Å². The van der Waals surface area contributed by atoms with Gasteiger partial charge in [-0.15, -0.1) is 0 Å². The van der Waals surface area contributed by atoms with Crippen molar-refractivity contribution in [1.29, 1.82) is 0 Å². The predicted octanol–water partition coefficient (Wildman–Crippen LogP) is 2.03. The molecule has 0 bridgehead atoms. The second kappa shape index (κ2) is 6.31. The van der Waals surface area contributed by atoms with E-state index in [0.717, 1.165) is 6.42 Å². The van der Waals surface area contributed by atoms with Crippen LogP contribution in [0.5, 0.6) is 0 Å². The SMILES string of the molecule is COC(=O)c1cccc(-c2cc(C(=O)OC)c3n(c2=O)CCC3)c1. The van der Waals surface area contributed by atoms with Crippen molar-refractivity contribution in [2.24, 2.45) is 0 Å². The van der Waals surface area contributed by atoms with Gasteiger partial charge in [-0.25, -0.2) is 9.59 Å². The highest BCUT2D eigenvalue weighted by atomic mass is 16.5. The number of benzene rings is 1. The zero-order chi connectivity index (χ0) is 17.3. The number of nitrogens with zero attached hydrogens (tertiary/aromatic N) is 1. The topological polar surface area (TPSA) is 74.6 Å². The molecule has 0 radical (unpaired) electrons. The van der Waals surface area contributed by atoms with Crippen molar-refractivity contribution in [2.75, 3.05) is 14.2 Å². The number of aromatic nitrogens is 1. The predicted molar refractivity (Wildman–Crippen MR) is 87.1 cm³/mol. The zero-order valence-electron chi connectivity index (χ0n) is 13.5. The van der Waals surface area contributed by atoms with Gasteiger partial charge in [0.1, 0.15) is 0 Å². The molecule has 1 aliphatic heterocycles. The molecular weight excluding hydrogens is 310 g/mol. The summed E-state index contributed by atoms with van der Waals surface area (Å²) in [4.78, 5) is 36.6. The molecule has 0 atom stereocenters. The fourth-order valence-electron chi connectivity index (χ4n) is 3.04. The van der Waals surface area contributed by atoms with Crippen LogP contribution in [0.15, 0.2) is 35.1 Å². The maximum Gasteiger partial charge on any atom is 0.339 e. The first-order valence-corrected chi connectivity index (χ1v) is 7.60. The van der Waals surface area contributed by atoms with Crippen LogP contribution in [0, 0.1) is 0 Å². The summed E-state index contributed by atoms with van der Waals surface area (Å²) in [5.41, 5.74) is 2.21. The lowest BCUT2D eigenvalue weighted by atomic mass is 10.0. The van der Waals surface area contributed by atoms with Gasteiger partial charge in [-0.1, -0.05) is 12.1 Å². The van der Waals surface area contributed by atoms with E-state index in [1.54, 1.807) is 34.9 Å². The maximum atomic E-state index is 12.8. The highest BCUT2D eigenvalue weighted by Crippen LogP contribution is 2.24. The molecule has 0 unspecified atom stereocenters. The Labute approximate surface area is 138 Å². The summed E-state index contributed by atoms with van der Waals surface area (Å²) >= 11 is 0. The average Bonchev–Trinajstić information content (AvgIpc) is 3.11. The number of rotatable bonds is 3. The van der Waals surface area contributed by atoms with Gasteiger partial charge in [0.15, 0.2) is 0 Å². The van der Waals surface area contributed by atoms with Crippen LogP contribution in [0.2, 0.25) is 0 Å². The molecule has 0 aliphatic carbocycles. The highest BCUT2D eigenvalue weighted by Gasteiger charge is 2.24. The fourth-order valence-corrected chi connectivity index (χ4v) is 3.04. The van der Waals surface area contributed by atoms with Crippen molar-refractivity contribution in [2.45, 2.75) is 19.4 Å². The molecule has 6 heteroatoms. The molecule has 1 aliphatic rings. The van der Waals surface area contributed by atoms with Crippen molar-refractivity contribution in [3.63, 3.8) is 0 Å². The van der Waals surface area contributed by atoms with Crippen LogP contribution in [0.1, 0.15) is 32.8 Å². The van der Waals surface area contributed by atoms with Gasteiger partial charge in [-0.2, -0.15) is 0 Å². The Balaban J connectivity index is 2.20. The molecule has 124 valence electrons. The number of fused-ring (bicyclic) bond motifs is 1. The lowest BCUT2D eigenvalue weighted by Crippen LogP contribution is -2.24. The Hall–Kier alpha value is -2.89. The van der Waals surface area contributed by atoms with Gasteiger partial charge in [0.05, 0.1) is 25.3 Å². The monoisotopic (exact) mass is 327 g/mol. The summed E-state index contributed by atoms with van der Waals surface area (Å²) in [6.07, 6.45) is 1.48. The molecule has 1 aromatic carbocycles. The van der Waals surface area contributed by atoms with E-state index in [-0.39, 0.29) is 5.56 Å². The standard InChI is InChI=1S/C18H17NO5/c1-23-17(21)12-6-3-5-11(9-12)13-10-14(18(22)24-2)15-7-4-8-19(15)16(13)20/h3,5-6,9-10H,4,7-8H2,1-2H3. The molecule has 3 rings (SSSR count). The number of esters is 2. The highest BCUT2D eigenvalue weighted by molar-refractivity contribution is 5.93. The molecule has 0 amide bonds. The normalized spacial score (nSPS) is 12.6. The van der Waals surface area contributed by atoms with E-state index < -0.39 is 11.9 Å². The largest absolute Gasteiger partial charge is 0.465 e. The number of hydrogen-bond acceptors (Lipinski definition) is 5. The summed E-state index contributed by atoms with van der Waals surface area (Å²) in [5, 5.41) is 0. The van der Waals surface area contributed by atoms with E-state index in [1.165, 1.54) is 14.2 Å². The van der Waals surface area contributed by atoms with Gasteiger partial charge in [-0.05, 0) is 36.6 Å². The van der Waals surface area contributed by atoms with Crippen molar-refractivity contribution < 1.29 is 19.1 Å². The Morgan fingerprint density at radius 3 is 2.54 bits per heavy atom. The van der Waals surface area contributed by atoms with E-state index in [2.05, 4.69) is 0 Å². The second-order valence-electron chi connectivity index (χ2n) is 5.54. The van der Waals surface area contributed by atoms with Crippen LogP contribution in [0.4, 0.5) is 0 Å². The molecule has 0 spiro atoms. The Morgan fingerprint density at radius 1 is 1.08 bits per heavy atom. The average molecular weight is 327 g/mol. The zero-order valence-corrected chi connectivity index (χ0v) is 13.5. The number of carbonyl (C=O) groups is 2. The van der Waals surface area contributed by atoms with Gasteiger partial charge >= 0.3 is 11.9 Å². The third kappa shape index (κ3) is 2.60. The number of pyridine rings is 1. The molecule has 2 aromatic rings. The van der Waals surface area contributed by atoms with Gasteiger partial charge in [0, 0.05) is 17.8 Å². The molecule has 0 N–H and O–H groups in total. The summed E-state index contributed by atoms with van der Waals surface area (Å²) in [7, 11) is 2.62. The van der Waals surface area contributed by atoms with E-state index in [4.69, 9.17) is 9.47 Å². The number of hydrogen-bond donors (Lipinski definition) is 0. The van der Waals surface area contributed by atoms with Crippen LogP contribution in [0.25, 0.3) is 11.1 Å². The minimum absolute atomic E-state index is 0.169. The number of ether oxygens (including phenoxy) is 2. The van der Waals surface area contributed by atoms with Crippen LogP contribution in [-0.4, -0.2) is 30.7 Å². The second-order valence-corrected chi connectivity index (χ2v) is 5.54. The Morgan fingerprint density at radius 2 is 1.83 bits per heavy atom. The molecular formula is C18H17NO5. The number of methoxy groups -OCH3 is 2. The van der Waals surface area contributed by atoms with Gasteiger partial charge in [0.25, 0.3) is 5.56 Å². The van der Waals surface area contributed by atoms with E-state index in [0.29, 0.717) is 40.9 Å². The van der Waals surface area contributed by atoms with E-state index in [1.807, 2.05) is 0 Å². The lowest BCUT2D eigenvalue weighted by Gasteiger charge is -2.12. The molecule has 2 heterocycles. The van der Waals surface area contributed by atoms with Gasteiger partial charge in [-0.3, -0.25) is 4.79 Å². The smallest absolute Gasteiger partial charge is 0.339 e. The molecule has 0 fully saturated rings. The van der Waals surface area contributed by atoms with Crippen molar-refractivity contribution in [1.82, 2.24) is 4.57 Å². The Kier molecular flexibility index (Phi) is 4.20. The molecule has 24 heavy (non-hydrogen) atoms. The van der Waals surface area contributed by atoms with Crippen LogP contribution >= 0.6 is 0 Å². The first kappa shape index (κ1) is 16.0. The first-order valence-electron chi connectivity index (χ1n) is 7.60. The summed E-state index contributed by atoms with van der Waals surface area (Å²) < 4.78 is 11.2. The third-order valence-corrected chi connectivity index (χ3v) is 4.20. The molecule has 1 aromatic heterocycles. The fraction of sp³-hybridized carbons (Fsp3) is 0.278. The maximum absolute atomic E-state index is 12.8.